The fraction of sp³-hybridized carbons (Fsp3) is 0.278. The van der Waals surface area contributed by atoms with E-state index in [2.05, 4.69) is 10.0 Å². The molecular formula is C18H20Cl2N2O3S3. The Hall–Kier alpha value is -0.900. The van der Waals surface area contributed by atoms with Crippen LogP contribution < -0.4 is 10.0 Å². The normalized spacial score (nSPS) is 11.4. The van der Waals surface area contributed by atoms with Gasteiger partial charge in [0.05, 0.1) is 10.6 Å². The van der Waals surface area contributed by atoms with Crippen molar-refractivity contribution < 1.29 is 13.2 Å². The summed E-state index contributed by atoms with van der Waals surface area (Å²) in [6.07, 6.45) is 1.86. The van der Waals surface area contributed by atoms with E-state index >= 15 is 0 Å². The second kappa shape index (κ2) is 10.8. The SMILES string of the molecule is CSc1ccc(S(=O)(=O)NCCSCc2ccc(Cl)cc2Cl)cc1NC(C)=O. The maximum Gasteiger partial charge on any atom is 0.240 e. The van der Waals surface area contributed by atoms with Crippen LogP contribution in [0, 0.1) is 0 Å². The Morgan fingerprint density at radius 3 is 2.54 bits per heavy atom. The summed E-state index contributed by atoms with van der Waals surface area (Å²) in [6.45, 7) is 1.66. The van der Waals surface area contributed by atoms with Crippen molar-refractivity contribution in [1.29, 1.82) is 0 Å². The number of thioether (sulfide) groups is 2. The van der Waals surface area contributed by atoms with Crippen molar-refractivity contribution in [2.75, 3.05) is 23.9 Å². The summed E-state index contributed by atoms with van der Waals surface area (Å²) in [7, 11) is -3.67. The second-order valence-corrected chi connectivity index (χ2v) is 10.3. The minimum absolute atomic E-state index is 0.111. The van der Waals surface area contributed by atoms with Gasteiger partial charge in [0.25, 0.3) is 0 Å². The highest BCUT2D eigenvalue weighted by atomic mass is 35.5. The predicted octanol–water partition coefficient (Wildman–Crippen LogP) is 4.89. The average molecular weight is 479 g/mol. The lowest BCUT2D eigenvalue weighted by atomic mass is 10.2. The molecular weight excluding hydrogens is 459 g/mol. The van der Waals surface area contributed by atoms with Crippen LogP contribution in [0.5, 0.6) is 0 Å². The zero-order valence-corrected chi connectivity index (χ0v) is 19.3. The zero-order chi connectivity index (χ0) is 20.7. The second-order valence-electron chi connectivity index (χ2n) is 5.73. The summed E-state index contributed by atoms with van der Waals surface area (Å²) in [5.41, 5.74) is 1.43. The summed E-state index contributed by atoms with van der Waals surface area (Å²) in [4.78, 5) is 12.2. The van der Waals surface area contributed by atoms with Gasteiger partial charge in [-0.3, -0.25) is 4.79 Å². The average Bonchev–Trinajstić information content (AvgIpc) is 2.62. The first kappa shape index (κ1) is 23.4. The van der Waals surface area contributed by atoms with Crippen LogP contribution in [-0.4, -0.2) is 32.9 Å². The van der Waals surface area contributed by atoms with Gasteiger partial charge in [-0.1, -0.05) is 29.3 Å². The molecule has 2 N–H and O–H groups in total. The van der Waals surface area contributed by atoms with E-state index in [1.807, 2.05) is 12.3 Å². The van der Waals surface area contributed by atoms with E-state index < -0.39 is 10.0 Å². The molecule has 0 radical (unpaired) electrons. The predicted molar refractivity (Wildman–Crippen MR) is 120 cm³/mol. The van der Waals surface area contributed by atoms with Gasteiger partial charge in [0.1, 0.15) is 0 Å². The summed E-state index contributed by atoms with van der Waals surface area (Å²) < 4.78 is 27.6. The lowest BCUT2D eigenvalue weighted by Crippen LogP contribution is -2.26. The number of hydrogen-bond acceptors (Lipinski definition) is 5. The topological polar surface area (TPSA) is 75.3 Å². The van der Waals surface area contributed by atoms with Crippen LogP contribution in [0.25, 0.3) is 0 Å². The lowest BCUT2D eigenvalue weighted by molar-refractivity contribution is -0.114. The molecule has 0 unspecified atom stereocenters. The molecule has 0 aliphatic carbocycles. The molecule has 2 rings (SSSR count). The van der Waals surface area contributed by atoms with Crippen LogP contribution in [0.4, 0.5) is 5.69 Å². The van der Waals surface area contributed by atoms with E-state index in [-0.39, 0.29) is 17.3 Å². The Morgan fingerprint density at radius 2 is 1.89 bits per heavy atom. The molecule has 0 atom stereocenters. The standard InChI is InChI=1S/C18H20Cl2N2O3S3/c1-12(23)22-17-10-15(5-6-18(17)26-2)28(24,25)21-7-8-27-11-13-3-4-14(19)9-16(13)20/h3-6,9-10,21H,7-8,11H2,1-2H3,(H,22,23). The fourth-order valence-electron chi connectivity index (χ4n) is 2.29. The molecule has 0 heterocycles. The zero-order valence-electron chi connectivity index (χ0n) is 15.3. The van der Waals surface area contributed by atoms with Gasteiger partial charge in [0, 0.05) is 39.9 Å². The van der Waals surface area contributed by atoms with Gasteiger partial charge < -0.3 is 5.32 Å². The Bertz CT molecular complexity index is 953. The maximum atomic E-state index is 12.5. The Balaban J connectivity index is 1.93. The van der Waals surface area contributed by atoms with Gasteiger partial charge in [-0.05, 0) is 42.2 Å². The van der Waals surface area contributed by atoms with E-state index in [0.29, 0.717) is 27.2 Å². The molecule has 2 aromatic carbocycles. The van der Waals surface area contributed by atoms with Crippen molar-refractivity contribution >= 4 is 68.3 Å². The van der Waals surface area contributed by atoms with Gasteiger partial charge >= 0.3 is 0 Å². The fourth-order valence-corrected chi connectivity index (χ4v) is 5.43. The molecule has 5 nitrogen and oxygen atoms in total. The van der Waals surface area contributed by atoms with E-state index in [0.717, 1.165) is 10.5 Å². The van der Waals surface area contributed by atoms with Gasteiger partial charge in [-0.15, -0.1) is 11.8 Å². The van der Waals surface area contributed by atoms with Crippen molar-refractivity contribution in [2.24, 2.45) is 0 Å². The molecule has 0 aliphatic rings. The Kier molecular flexibility index (Phi) is 8.98. The Morgan fingerprint density at radius 1 is 1.14 bits per heavy atom. The summed E-state index contributed by atoms with van der Waals surface area (Å²) in [6, 6.07) is 10.0. The van der Waals surface area contributed by atoms with Crippen molar-refractivity contribution in [3.8, 4) is 0 Å². The molecule has 10 heteroatoms. The van der Waals surface area contributed by atoms with Crippen LogP contribution in [0.1, 0.15) is 12.5 Å². The molecule has 152 valence electrons. The molecule has 0 aliphatic heterocycles. The lowest BCUT2D eigenvalue weighted by Gasteiger charge is -2.12. The molecule has 0 saturated carbocycles. The van der Waals surface area contributed by atoms with Crippen LogP contribution in [0.15, 0.2) is 46.2 Å². The number of sulfonamides is 1. The molecule has 0 saturated heterocycles. The van der Waals surface area contributed by atoms with Crippen LogP contribution in [0.2, 0.25) is 10.0 Å². The van der Waals surface area contributed by atoms with Crippen molar-refractivity contribution in [3.05, 3.63) is 52.0 Å². The van der Waals surface area contributed by atoms with Crippen LogP contribution in [0.3, 0.4) is 0 Å². The third-order valence-corrected chi connectivity index (χ3v) is 7.45. The highest BCUT2D eigenvalue weighted by molar-refractivity contribution is 7.99. The molecule has 0 spiro atoms. The van der Waals surface area contributed by atoms with Crippen molar-refractivity contribution in [1.82, 2.24) is 4.72 Å². The van der Waals surface area contributed by atoms with Gasteiger partial charge in [0.2, 0.25) is 15.9 Å². The number of carbonyl (C=O) groups excluding carboxylic acids is 1. The van der Waals surface area contributed by atoms with Gasteiger partial charge in [-0.25, -0.2) is 13.1 Å². The molecule has 1 amide bonds. The molecule has 0 fully saturated rings. The Labute approximate surface area is 184 Å². The highest BCUT2D eigenvalue weighted by Crippen LogP contribution is 2.28. The molecule has 28 heavy (non-hydrogen) atoms. The quantitative estimate of drug-likeness (QED) is 0.396. The number of anilines is 1. The van der Waals surface area contributed by atoms with E-state index in [1.54, 1.807) is 30.0 Å². The number of hydrogen-bond donors (Lipinski definition) is 2. The maximum absolute atomic E-state index is 12.5. The van der Waals surface area contributed by atoms with Gasteiger partial charge in [0.15, 0.2) is 0 Å². The van der Waals surface area contributed by atoms with Crippen LogP contribution in [-0.2, 0) is 20.6 Å². The molecule has 0 aromatic heterocycles. The highest BCUT2D eigenvalue weighted by Gasteiger charge is 2.16. The van der Waals surface area contributed by atoms with E-state index in [4.69, 9.17) is 23.2 Å². The summed E-state index contributed by atoms with van der Waals surface area (Å²) in [5.74, 6) is 0.988. The molecule has 2 aromatic rings. The smallest absolute Gasteiger partial charge is 0.240 e. The molecule has 0 bridgehead atoms. The largest absolute Gasteiger partial charge is 0.325 e. The third-order valence-electron chi connectivity index (χ3n) is 3.60. The monoisotopic (exact) mass is 478 g/mol. The number of halogens is 2. The summed E-state index contributed by atoms with van der Waals surface area (Å²) in [5, 5.41) is 3.84. The summed E-state index contributed by atoms with van der Waals surface area (Å²) >= 11 is 15.0. The first-order valence-electron chi connectivity index (χ1n) is 8.20. The third kappa shape index (κ3) is 6.86. The number of carbonyl (C=O) groups is 1. The number of nitrogens with one attached hydrogen (secondary N) is 2. The number of benzene rings is 2. The van der Waals surface area contributed by atoms with E-state index in [1.165, 1.54) is 30.8 Å². The first-order chi connectivity index (χ1) is 13.2. The van der Waals surface area contributed by atoms with E-state index in [9.17, 15) is 13.2 Å². The number of rotatable bonds is 9. The van der Waals surface area contributed by atoms with Gasteiger partial charge in [-0.2, -0.15) is 11.8 Å². The first-order valence-corrected chi connectivity index (χ1v) is 12.8. The minimum atomic E-state index is -3.67. The van der Waals surface area contributed by atoms with Crippen LogP contribution >= 0.6 is 46.7 Å². The number of amides is 1. The van der Waals surface area contributed by atoms with Crippen molar-refractivity contribution in [3.63, 3.8) is 0 Å². The van der Waals surface area contributed by atoms with Crippen molar-refractivity contribution in [2.45, 2.75) is 22.5 Å². The minimum Gasteiger partial charge on any atom is -0.325 e.